The summed E-state index contributed by atoms with van der Waals surface area (Å²) in [6, 6.07) is 6.26. The predicted molar refractivity (Wildman–Crippen MR) is 142 cm³/mol. The van der Waals surface area contributed by atoms with Gasteiger partial charge in [-0.1, -0.05) is 19.4 Å². The minimum atomic E-state index is -3.83. The van der Waals surface area contributed by atoms with E-state index in [1.54, 1.807) is 12.1 Å². The quantitative estimate of drug-likeness (QED) is 0.540. The molecule has 0 aliphatic heterocycles. The Labute approximate surface area is 228 Å². The van der Waals surface area contributed by atoms with E-state index in [9.17, 15) is 27.8 Å². The van der Waals surface area contributed by atoms with Crippen LogP contribution in [0.4, 0.5) is 4.39 Å². The number of fused-ring (bicyclic) bond motifs is 6. The molecule has 0 saturated heterocycles. The summed E-state index contributed by atoms with van der Waals surface area (Å²) in [5.41, 5.74) is 1.16. The van der Waals surface area contributed by atoms with Gasteiger partial charge in [-0.15, -0.1) is 0 Å². The van der Waals surface area contributed by atoms with Crippen LogP contribution in [-0.4, -0.2) is 58.8 Å². The van der Waals surface area contributed by atoms with Gasteiger partial charge in [0.25, 0.3) is 10.1 Å². The van der Waals surface area contributed by atoms with Crippen molar-refractivity contribution in [2.45, 2.75) is 64.1 Å². The Morgan fingerprint density at radius 1 is 1.23 bits per heavy atom. The van der Waals surface area contributed by atoms with Crippen LogP contribution in [0.2, 0.25) is 0 Å². The lowest BCUT2D eigenvalue weighted by atomic mass is 9.45. The van der Waals surface area contributed by atoms with Gasteiger partial charge in [0.05, 0.1) is 29.9 Å². The number of aliphatic hydroxyl groups is 2. The van der Waals surface area contributed by atoms with Crippen LogP contribution in [0.1, 0.15) is 57.2 Å². The van der Waals surface area contributed by atoms with Crippen molar-refractivity contribution in [1.29, 1.82) is 0 Å². The summed E-state index contributed by atoms with van der Waals surface area (Å²) in [6.07, 6.45) is 7.66. The standard InChI is InChI=1S/C29H35FN2O6S/c1-27-13-17-15-31-32(20-7-5-19(30)6-8-20)23(17)12-18(27)4-9-21-22-10-11-29(35,25(34)16-38-39(3,36)37)28(22,2)14-24(33)26(21)27/h5-8,12,15,21-22,24,26,33,35H,4,9-11,13-14,16H2,1-3H3/t21?,22?,24-,26?,27-,28-,29-/m0/s1. The molecular formula is C29H35FN2O6S. The van der Waals surface area contributed by atoms with Crippen molar-refractivity contribution in [1.82, 2.24) is 9.78 Å². The third-order valence-electron chi connectivity index (χ3n) is 10.5. The average molecular weight is 559 g/mol. The van der Waals surface area contributed by atoms with Crippen molar-refractivity contribution >= 4 is 22.0 Å². The molecule has 0 bridgehead atoms. The molecule has 3 saturated carbocycles. The van der Waals surface area contributed by atoms with Crippen LogP contribution in [0, 0.1) is 34.4 Å². The van der Waals surface area contributed by atoms with Crippen LogP contribution in [0.5, 0.6) is 0 Å². The first-order valence-electron chi connectivity index (χ1n) is 13.6. The molecule has 210 valence electrons. The molecule has 6 rings (SSSR count). The van der Waals surface area contributed by atoms with Crippen LogP contribution in [0.15, 0.2) is 36.0 Å². The van der Waals surface area contributed by atoms with Gasteiger partial charge < -0.3 is 10.2 Å². The number of allylic oxidation sites excluding steroid dienone is 1. The second-order valence-electron chi connectivity index (χ2n) is 12.5. The Balaban J connectivity index is 1.31. The number of hydrogen-bond donors (Lipinski definition) is 2. The summed E-state index contributed by atoms with van der Waals surface area (Å²) in [4.78, 5) is 13.1. The average Bonchev–Trinajstić information content (AvgIpc) is 3.38. The highest BCUT2D eigenvalue weighted by atomic mass is 32.2. The molecule has 0 amide bonds. The van der Waals surface area contributed by atoms with Crippen LogP contribution in [0.3, 0.4) is 0 Å². The van der Waals surface area contributed by atoms with Crippen molar-refractivity contribution in [2.24, 2.45) is 28.6 Å². The number of carbonyl (C=O) groups excluding carboxylic acids is 1. The minimum absolute atomic E-state index is 0.0137. The number of ketones is 1. The van der Waals surface area contributed by atoms with Crippen LogP contribution >= 0.6 is 0 Å². The van der Waals surface area contributed by atoms with Crippen molar-refractivity contribution in [3.63, 3.8) is 0 Å². The Morgan fingerprint density at radius 3 is 2.64 bits per heavy atom. The topological polar surface area (TPSA) is 119 Å². The number of rotatable bonds is 5. The Bertz CT molecular complexity index is 1470. The third-order valence-corrected chi connectivity index (χ3v) is 11.1. The summed E-state index contributed by atoms with van der Waals surface area (Å²) in [6.45, 7) is 3.39. The molecule has 4 aliphatic rings. The van der Waals surface area contributed by atoms with Crippen molar-refractivity contribution < 1.29 is 32.0 Å². The smallest absolute Gasteiger partial charge is 0.264 e. The minimum Gasteiger partial charge on any atom is -0.393 e. The maximum Gasteiger partial charge on any atom is 0.264 e. The Hall–Kier alpha value is -2.40. The zero-order chi connectivity index (χ0) is 28.0. The van der Waals surface area contributed by atoms with E-state index >= 15 is 0 Å². The zero-order valence-electron chi connectivity index (χ0n) is 22.4. The molecule has 8 nitrogen and oxygen atoms in total. The first kappa shape index (κ1) is 26.8. The maximum absolute atomic E-state index is 13.5. The number of Topliss-reactive ketones (excluding diaryl/α,β-unsaturated/α-hetero) is 1. The van der Waals surface area contributed by atoms with E-state index in [-0.39, 0.29) is 41.8 Å². The van der Waals surface area contributed by atoms with E-state index in [1.807, 2.05) is 17.8 Å². The summed E-state index contributed by atoms with van der Waals surface area (Å²) >= 11 is 0. The van der Waals surface area contributed by atoms with E-state index in [2.05, 4.69) is 18.1 Å². The first-order chi connectivity index (χ1) is 18.3. The molecule has 10 heteroatoms. The second-order valence-corrected chi connectivity index (χ2v) is 14.2. The van der Waals surface area contributed by atoms with Crippen molar-refractivity contribution in [2.75, 3.05) is 12.9 Å². The molecule has 3 fully saturated rings. The third kappa shape index (κ3) is 3.97. The molecule has 2 aromatic rings. The Kier molecular flexibility index (Phi) is 6.05. The molecule has 7 atom stereocenters. The van der Waals surface area contributed by atoms with Gasteiger partial charge >= 0.3 is 0 Å². The van der Waals surface area contributed by atoms with Gasteiger partial charge in [0.1, 0.15) is 18.0 Å². The number of hydrogen-bond acceptors (Lipinski definition) is 7. The summed E-state index contributed by atoms with van der Waals surface area (Å²) in [5.74, 6) is -0.873. The van der Waals surface area contributed by atoms with E-state index in [1.165, 1.54) is 17.7 Å². The molecule has 0 spiro atoms. The maximum atomic E-state index is 13.5. The largest absolute Gasteiger partial charge is 0.393 e. The van der Waals surface area contributed by atoms with Crippen LogP contribution in [-0.2, 0) is 25.5 Å². The van der Waals surface area contributed by atoms with Crippen molar-refractivity contribution in [3.05, 3.63) is 53.1 Å². The van der Waals surface area contributed by atoms with E-state index in [0.29, 0.717) is 12.8 Å². The highest BCUT2D eigenvalue weighted by Crippen LogP contribution is 2.67. The normalized spacial score (nSPS) is 37.3. The van der Waals surface area contributed by atoms with E-state index in [4.69, 9.17) is 4.18 Å². The SMILES string of the molecule is C[C@]12Cc3cnn(-c4ccc(F)cc4)c3C=C1CCC1C2[C@@H](O)C[C@@]2(C)C1CC[C@]2(O)C(=O)COS(C)(=O)=O. The Morgan fingerprint density at radius 2 is 1.95 bits per heavy atom. The molecule has 1 aromatic heterocycles. The van der Waals surface area contributed by atoms with Crippen LogP contribution in [0.25, 0.3) is 11.8 Å². The zero-order valence-corrected chi connectivity index (χ0v) is 23.2. The number of carbonyl (C=O) groups is 1. The number of halogens is 1. The molecular weight excluding hydrogens is 523 g/mol. The van der Waals surface area contributed by atoms with E-state index in [0.717, 1.165) is 36.0 Å². The molecule has 1 heterocycles. The predicted octanol–water partition coefficient (Wildman–Crippen LogP) is 3.44. The van der Waals surface area contributed by atoms with E-state index < -0.39 is 39.6 Å². The molecule has 3 unspecified atom stereocenters. The van der Waals surface area contributed by atoms with Crippen molar-refractivity contribution in [3.8, 4) is 5.69 Å². The van der Waals surface area contributed by atoms with Gasteiger partial charge in [-0.2, -0.15) is 13.5 Å². The van der Waals surface area contributed by atoms with Gasteiger partial charge in [-0.3, -0.25) is 8.98 Å². The fourth-order valence-corrected chi connectivity index (χ4v) is 9.04. The molecule has 4 aliphatic carbocycles. The first-order valence-corrected chi connectivity index (χ1v) is 15.4. The number of nitrogens with zero attached hydrogens (tertiary/aromatic N) is 2. The van der Waals surface area contributed by atoms with Gasteiger partial charge in [0, 0.05) is 5.41 Å². The van der Waals surface area contributed by atoms with Gasteiger partial charge in [0.2, 0.25) is 0 Å². The fraction of sp³-hybridized carbons (Fsp3) is 0.586. The highest BCUT2D eigenvalue weighted by molar-refractivity contribution is 7.86. The number of benzene rings is 1. The van der Waals surface area contributed by atoms with Gasteiger partial charge in [-0.25, -0.2) is 9.07 Å². The lowest BCUT2D eigenvalue weighted by Crippen LogP contribution is -2.62. The molecule has 2 N–H and O–H groups in total. The second kappa shape index (κ2) is 8.80. The monoisotopic (exact) mass is 558 g/mol. The molecule has 39 heavy (non-hydrogen) atoms. The number of aliphatic hydroxyl groups excluding tert-OH is 1. The number of aromatic nitrogens is 2. The lowest BCUT2D eigenvalue weighted by molar-refractivity contribution is -0.180. The van der Waals surface area contributed by atoms with Gasteiger partial charge in [0.15, 0.2) is 5.78 Å². The summed E-state index contributed by atoms with van der Waals surface area (Å²) in [7, 11) is -3.83. The molecule has 0 radical (unpaired) electrons. The summed E-state index contributed by atoms with van der Waals surface area (Å²) in [5, 5.41) is 28.0. The molecule has 1 aromatic carbocycles. The highest BCUT2D eigenvalue weighted by Gasteiger charge is 2.68. The van der Waals surface area contributed by atoms with Gasteiger partial charge in [-0.05, 0) is 97.6 Å². The fourth-order valence-electron chi connectivity index (χ4n) is 8.72. The van der Waals surface area contributed by atoms with Crippen LogP contribution < -0.4 is 0 Å². The summed E-state index contributed by atoms with van der Waals surface area (Å²) < 4.78 is 43.1. The lowest BCUT2D eigenvalue weighted by Gasteiger charge is -2.60.